The number of hydrogen-bond acceptors (Lipinski definition) is 5. The highest BCUT2D eigenvalue weighted by Crippen LogP contribution is 2.23. The number of benzene rings is 2. The number of piperidine rings is 1. The van der Waals surface area contributed by atoms with Crippen LogP contribution in [-0.4, -0.2) is 34.6 Å². The summed E-state index contributed by atoms with van der Waals surface area (Å²) in [6.07, 6.45) is 3.63. The number of carbonyl (C=O) groups is 1. The van der Waals surface area contributed by atoms with Gasteiger partial charge in [-0.15, -0.1) is 0 Å². The zero-order chi connectivity index (χ0) is 18.6. The Morgan fingerprint density at radius 1 is 1.04 bits per heavy atom. The van der Waals surface area contributed by atoms with Crippen LogP contribution >= 0.6 is 0 Å². The molecule has 1 heterocycles. The monoisotopic (exact) mass is 374 g/mol. The van der Waals surface area contributed by atoms with Gasteiger partial charge in [0.1, 0.15) is 0 Å². The van der Waals surface area contributed by atoms with Crippen LogP contribution in [0.25, 0.3) is 0 Å². The van der Waals surface area contributed by atoms with E-state index in [1.807, 2.05) is 12.1 Å². The van der Waals surface area contributed by atoms with E-state index >= 15 is 0 Å². The predicted octanol–water partition coefficient (Wildman–Crippen LogP) is 3.26. The summed E-state index contributed by atoms with van der Waals surface area (Å²) in [6.45, 7) is 2.07. The van der Waals surface area contributed by atoms with Crippen LogP contribution in [0.2, 0.25) is 0 Å². The second kappa shape index (κ2) is 7.78. The lowest BCUT2D eigenvalue weighted by Gasteiger charge is -2.28. The molecule has 0 saturated carbocycles. The van der Waals surface area contributed by atoms with E-state index in [0.29, 0.717) is 5.69 Å². The first kappa shape index (κ1) is 18.3. The van der Waals surface area contributed by atoms with Crippen molar-refractivity contribution in [3.63, 3.8) is 0 Å². The van der Waals surface area contributed by atoms with E-state index in [4.69, 9.17) is 0 Å². The number of nitrogens with one attached hydrogen (secondary N) is 1. The Morgan fingerprint density at radius 2 is 1.73 bits per heavy atom. The van der Waals surface area contributed by atoms with Crippen molar-refractivity contribution in [3.05, 3.63) is 54.1 Å². The molecular weight excluding hydrogens is 352 g/mol. The first-order chi connectivity index (χ1) is 12.5. The maximum atomic E-state index is 12.6. The Bertz CT molecular complexity index is 873. The maximum absolute atomic E-state index is 12.6. The smallest absolute Gasteiger partial charge is 0.337 e. The first-order valence-electron chi connectivity index (χ1n) is 8.56. The van der Waals surface area contributed by atoms with Crippen molar-refractivity contribution in [2.24, 2.45) is 0 Å². The first-order valence-corrected chi connectivity index (χ1v) is 10.0. The summed E-state index contributed by atoms with van der Waals surface area (Å²) in [7, 11) is -2.53. The average molecular weight is 374 g/mol. The van der Waals surface area contributed by atoms with E-state index in [1.54, 1.807) is 12.1 Å². The van der Waals surface area contributed by atoms with Crippen molar-refractivity contribution in [3.8, 4) is 0 Å². The van der Waals surface area contributed by atoms with E-state index in [2.05, 4.69) is 14.4 Å². The second-order valence-corrected chi connectivity index (χ2v) is 7.90. The maximum Gasteiger partial charge on any atom is 0.337 e. The molecular formula is C19H22N2O4S. The number of esters is 1. The average Bonchev–Trinajstić information content (AvgIpc) is 2.68. The molecule has 0 aromatic heterocycles. The predicted molar refractivity (Wildman–Crippen MR) is 101 cm³/mol. The number of sulfonamides is 1. The van der Waals surface area contributed by atoms with Gasteiger partial charge in [-0.05, 0) is 61.7 Å². The number of carbonyl (C=O) groups excluding carboxylic acids is 1. The molecule has 6 nitrogen and oxygen atoms in total. The van der Waals surface area contributed by atoms with Crippen molar-refractivity contribution in [2.45, 2.75) is 24.2 Å². The standard InChI is InChI=1S/C19H22N2O4S/c1-25-19(22)15-6-5-7-18(14-15)26(23,24)20-16-8-10-17(11-9-16)21-12-3-2-4-13-21/h5-11,14,20H,2-4,12-13H2,1H3. The van der Waals surface area contributed by atoms with Crippen LogP contribution in [0.15, 0.2) is 53.4 Å². The fourth-order valence-electron chi connectivity index (χ4n) is 3.01. The van der Waals surface area contributed by atoms with Crippen LogP contribution in [0.3, 0.4) is 0 Å². The highest BCUT2D eigenvalue weighted by Gasteiger charge is 2.17. The van der Waals surface area contributed by atoms with E-state index in [1.165, 1.54) is 50.6 Å². The van der Waals surface area contributed by atoms with Crippen molar-refractivity contribution in [2.75, 3.05) is 29.8 Å². The molecule has 0 unspecified atom stereocenters. The molecule has 3 rings (SSSR count). The molecule has 7 heteroatoms. The molecule has 0 amide bonds. The van der Waals surface area contributed by atoms with Gasteiger partial charge in [-0.1, -0.05) is 6.07 Å². The van der Waals surface area contributed by atoms with Gasteiger partial charge in [0.25, 0.3) is 10.0 Å². The van der Waals surface area contributed by atoms with Crippen molar-refractivity contribution < 1.29 is 17.9 Å². The van der Waals surface area contributed by atoms with Gasteiger partial charge in [0.05, 0.1) is 17.6 Å². The van der Waals surface area contributed by atoms with E-state index in [-0.39, 0.29) is 10.5 Å². The number of ether oxygens (including phenoxy) is 1. The third kappa shape index (κ3) is 4.16. The molecule has 1 N–H and O–H groups in total. The van der Waals surface area contributed by atoms with Gasteiger partial charge >= 0.3 is 5.97 Å². The Labute approximate surface area is 153 Å². The minimum atomic E-state index is -3.79. The van der Waals surface area contributed by atoms with Crippen molar-refractivity contribution in [1.82, 2.24) is 0 Å². The quantitative estimate of drug-likeness (QED) is 0.813. The third-order valence-corrected chi connectivity index (χ3v) is 5.79. The van der Waals surface area contributed by atoms with Crippen LogP contribution < -0.4 is 9.62 Å². The Morgan fingerprint density at radius 3 is 2.38 bits per heavy atom. The SMILES string of the molecule is COC(=O)c1cccc(S(=O)(=O)Nc2ccc(N3CCCCC3)cc2)c1. The summed E-state index contributed by atoms with van der Waals surface area (Å²) >= 11 is 0. The normalized spacial score (nSPS) is 14.7. The van der Waals surface area contributed by atoms with E-state index in [0.717, 1.165) is 18.8 Å². The van der Waals surface area contributed by atoms with Gasteiger partial charge in [0.15, 0.2) is 0 Å². The summed E-state index contributed by atoms with van der Waals surface area (Å²) in [4.78, 5) is 13.9. The van der Waals surface area contributed by atoms with E-state index in [9.17, 15) is 13.2 Å². The molecule has 2 aromatic rings. The van der Waals surface area contributed by atoms with Crippen LogP contribution in [0.4, 0.5) is 11.4 Å². The third-order valence-electron chi connectivity index (χ3n) is 4.41. The summed E-state index contributed by atoms with van der Waals surface area (Å²) in [6, 6.07) is 13.1. The summed E-state index contributed by atoms with van der Waals surface area (Å²) in [5.41, 5.74) is 1.77. The fraction of sp³-hybridized carbons (Fsp3) is 0.316. The molecule has 1 aliphatic rings. The van der Waals surface area contributed by atoms with E-state index < -0.39 is 16.0 Å². The molecule has 0 aliphatic carbocycles. The lowest BCUT2D eigenvalue weighted by molar-refractivity contribution is 0.0600. The van der Waals surface area contributed by atoms with Gasteiger partial charge in [-0.3, -0.25) is 4.72 Å². The van der Waals surface area contributed by atoms with Crippen LogP contribution in [0, 0.1) is 0 Å². The number of anilines is 2. The summed E-state index contributed by atoms with van der Waals surface area (Å²) in [5, 5.41) is 0. The summed E-state index contributed by atoms with van der Waals surface area (Å²) < 4.78 is 32.3. The molecule has 0 radical (unpaired) electrons. The molecule has 1 saturated heterocycles. The largest absolute Gasteiger partial charge is 0.465 e. The fourth-order valence-corrected chi connectivity index (χ4v) is 4.12. The zero-order valence-electron chi connectivity index (χ0n) is 14.6. The molecule has 0 spiro atoms. The Balaban J connectivity index is 1.76. The number of hydrogen-bond donors (Lipinski definition) is 1. The minimum Gasteiger partial charge on any atom is -0.465 e. The molecule has 26 heavy (non-hydrogen) atoms. The van der Waals surface area contributed by atoms with Gasteiger partial charge in [0, 0.05) is 24.5 Å². The number of nitrogens with zero attached hydrogens (tertiary/aromatic N) is 1. The number of methoxy groups -OCH3 is 1. The van der Waals surface area contributed by atoms with Crippen LogP contribution in [0.5, 0.6) is 0 Å². The Hall–Kier alpha value is -2.54. The summed E-state index contributed by atoms with van der Waals surface area (Å²) in [5.74, 6) is -0.576. The molecule has 1 fully saturated rings. The van der Waals surface area contributed by atoms with Gasteiger partial charge in [0.2, 0.25) is 0 Å². The minimum absolute atomic E-state index is 0.0144. The highest BCUT2D eigenvalue weighted by atomic mass is 32.2. The lowest BCUT2D eigenvalue weighted by atomic mass is 10.1. The molecule has 2 aromatic carbocycles. The van der Waals surface area contributed by atoms with Gasteiger partial charge in [-0.2, -0.15) is 0 Å². The van der Waals surface area contributed by atoms with Crippen molar-refractivity contribution in [1.29, 1.82) is 0 Å². The zero-order valence-corrected chi connectivity index (χ0v) is 15.5. The topological polar surface area (TPSA) is 75.7 Å². The molecule has 138 valence electrons. The number of rotatable bonds is 5. The van der Waals surface area contributed by atoms with Crippen LogP contribution in [-0.2, 0) is 14.8 Å². The van der Waals surface area contributed by atoms with Crippen LogP contribution in [0.1, 0.15) is 29.6 Å². The molecule has 0 bridgehead atoms. The van der Waals surface area contributed by atoms with Gasteiger partial charge < -0.3 is 9.64 Å². The van der Waals surface area contributed by atoms with Gasteiger partial charge in [-0.25, -0.2) is 13.2 Å². The highest BCUT2D eigenvalue weighted by molar-refractivity contribution is 7.92. The van der Waals surface area contributed by atoms with Crippen molar-refractivity contribution >= 4 is 27.4 Å². The molecule has 0 atom stereocenters. The lowest BCUT2D eigenvalue weighted by Crippen LogP contribution is -2.29. The molecule has 1 aliphatic heterocycles. The second-order valence-electron chi connectivity index (χ2n) is 6.22. The Kier molecular flexibility index (Phi) is 5.46.